The molecule has 0 aromatic rings. The molecule has 0 fully saturated rings. The number of nitrogens with one attached hydrogen (secondary N) is 1. The van der Waals surface area contributed by atoms with Crippen molar-refractivity contribution in [2.75, 3.05) is 0 Å². The Kier molecular flexibility index (Phi) is 6.90. The van der Waals surface area contributed by atoms with Crippen LogP contribution in [0.2, 0.25) is 0 Å². The van der Waals surface area contributed by atoms with Gasteiger partial charge in [-0.1, -0.05) is 43.2 Å². The Hall–Kier alpha value is -1.68. The summed E-state index contributed by atoms with van der Waals surface area (Å²) in [5, 5.41) is 3.02. The van der Waals surface area contributed by atoms with Crippen LogP contribution in [0.1, 0.15) is 47.5 Å². The number of terminal acetylenes is 1. The molecule has 0 aliphatic carbocycles. The average Bonchev–Trinajstić information content (AvgIpc) is 2.31. The van der Waals surface area contributed by atoms with Gasteiger partial charge in [0.15, 0.2) is 0 Å². The molecular weight excluding hydrogens is 218 g/mol. The molecule has 18 heavy (non-hydrogen) atoms. The molecule has 0 unspecified atom stereocenters. The number of allylic oxidation sites excluding steroid dienone is 5. The lowest BCUT2D eigenvalue weighted by molar-refractivity contribution is 0.947. The zero-order valence-corrected chi connectivity index (χ0v) is 12.4. The molecular formula is C17H25N. The normalized spacial score (nSPS) is 11.1. The molecule has 0 radical (unpaired) electrons. The van der Waals surface area contributed by atoms with Crippen molar-refractivity contribution in [2.24, 2.45) is 0 Å². The van der Waals surface area contributed by atoms with Crippen LogP contribution in [0, 0.1) is 12.5 Å². The predicted molar refractivity (Wildman–Crippen MR) is 81.9 cm³/mol. The second kappa shape index (κ2) is 7.61. The minimum Gasteiger partial charge on any atom is -0.315 e. The maximum atomic E-state index is 5.38. The monoisotopic (exact) mass is 243 g/mol. The van der Waals surface area contributed by atoms with E-state index in [1.807, 2.05) is 6.92 Å². The van der Waals surface area contributed by atoms with Crippen LogP contribution in [-0.2, 0) is 0 Å². The van der Waals surface area contributed by atoms with Crippen LogP contribution in [0.4, 0.5) is 0 Å². The first-order valence-corrected chi connectivity index (χ1v) is 6.26. The van der Waals surface area contributed by atoms with Crippen LogP contribution in [0.5, 0.6) is 0 Å². The van der Waals surface area contributed by atoms with Crippen LogP contribution in [0.3, 0.4) is 0 Å². The Balaban J connectivity index is 5.54. The summed E-state index contributed by atoms with van der Waals surface area (Å²) in [4.78, 5) is 0. The summed E-state index contributed by atoms with van der Waals surface area (Å²) in [5.41, 5.74) is 6.87. The van der Waals surface area contributed by atoms with Gasteiger partial charge >= 0.3 is 0 Å². The first-order valence-electron chi connectivity index (χ1n) is 6.26. The van der Waals surface area contributed by atoms with Gasteiger partial charge in [-0.25, -0.2) is 0 Å². The maximum Gasteiger partial charge on any atom is 0.0480 e. The number of hydrogen-bond donors (Lipinski definition) is 1. The van der Waals surface area contributed by atoms with E-state index in [9.17, 15) is 0 Å². The Morgan fingerprint density at radius 3 is 2.06 bits per heavy atom. The minimum atomic E-state index is 0.796. The van der Waals surface area contributed by atoms with Crippen molar-refractivity contribution in [2.45, 2.75) is 47.5 Å². The summed E-state index contributed by atoms with van der Waals surface area (Å²) in [6, 6.07) is 2.52. The molecule has 0 aliphatic rings. The van der Waals surface area contributed by atoms with E-state index in [-0.39, 0.29) is 0 Å². The van der Waals surface area contributed by atoms with Crippen molar-refractivity contribution in [1.29, 1.82) is 0 Å². The van der Waals surface area contributed by atoms with Crippen molar-refractivity contribution < 1.29 is 0 Å². The molecule has 1 nitrogen and oxygen atoms in total. The van der Waals surface area contributed by atoms with E-state index in [0.717, 1.165) is 29.7 Å². The lowest BCUT2D eigenvalue weighted by atomic mass is 9.93. The van der Waals surface area contributed by atoms with E-state index in [1.165, 1.54) is 16.7 Å². The highest BCUT2D eigenvalue weighted by atomic mass is 14.8. The zero-order valence-electron chi connectivity index (χ0n) is 12.4. The second-order valence-electron chi connectivity index (χ2n) is 4.82. The molecule has 0 aromatic carbocycles. The molecule has 0 bridgehead atoms. The minimum absolute atomic E-state index is 0.796. The predicted octanol–water partition coefficient (Wildman–Crippen LogP) is 4.71. The molecule has 0 amide bonds. The lowest BCUT2D eigenvalue weighted by Gasteiger charge is -2.18. The van der Waals surface area contributed by atoms with Gasteiger partial charge in [0, 0.05) is 11.7 Å². The summed E-state index contributed by atoms with van der Waals surface area (Å²) >= 11 is 0. The van der Waals surface area contributed by atoms with Crippen LogP contribution in [0.25, 0.3) is 0 Å². The van der Waals surface area contributed by atoms with Crippen molar-refractivity contribution in [3.63, 3.8) is 0 Å². The molecule has 0 spiro atoms. The quantitative estimate of drug-likeness (QED) is 0.405. The van der Waals surface area contributed by atoms with E-state index in [1.54, 1.807) is 0 Å². The summed E-state index contributed by atoms with van der Waals surface area (Å²) < 4.78 is 0. The molecule has 1 N–H and O–H groups in total. The third-order valence-electron chi connectivity index (χ3n) is 3.04. The van der Waals surface area contributed by atoms with Crippen molar-refractivity contribution in [3.8, 4) is 12.5 Å². The van der Waals surface area contributed by atoms with Gasteiger partial charge in [-0.2, -0.15) is 0 Å². The molecule has 0 saturated carbocycles. The Morgan fingerprint density at radius 1 is 1.17 bits per heavy atom. The van der Waals surface area contributed by atoms with Gasteiger partial charge in [0.05, 0.1) is 0 Å². The van der Waals surface area contributed by atoms with Gasteiger partial charge in [0.25, 0.3) is 0 Å². The van der Waals surface area contributed by atoms with Gasteiger partial charge in [0.2, 0.25) is 0 Å². The molecule has 0 atom stereocenters. The summed E-state index contributed by atoms with van der Waals surface area (Å²) in [6.45, 7) is 18.4. The summed E-state index contributed by atoms with van der Waals surface area (Å²) in [6.07, 6.45) is 7.18. The average molecular weight is 243 g/mol. The molecule has 0 aliphatic heterocycles. The third-order valence-corrected chi connectivity index (χ3v) is 3.04. The smallest absolute Gasteiger partial charge is 0.0480 e. The van der Waals surface area contributed by atoms with E-state index in [2.05, 4.69) is 52.2 Å². The number of hydrogen-bond acceptors (Lipinski definition) is 1. The van der Waals surface area contributed by atoms with E-state index >= 15 is 0 Å². The van der Waals surface area contributed by atoms with Crippen molar-refractivity contribution in [3.05, 3.63) is 46.7 Å². The molecule has 1 heteroatoms. The zero-order chi connectivity index (χ0) is 14.3. The highest BCUT2D eigenvalue weighted by Crippen LogP contribution is 2.26. The van der Waals surface area contributed by atoms with Gasteiger partial charge < -0.3 is 5.32 Å². The highest BCUT2D eigenvalue weighted by Gasteiger charge is 2.11. The highest BCUT2D eigenvalue weighted by molar-refractivity contribution is 5.43. The fourth-order valence-electron chi connectivity index (χ4n) is 1.60. The molecule has 0 heterocycles. The summed E-state index contributed by atoms with van der Waals surface area (Å²) in [5.74, 6) is 0. The standard InChI is InChI=1S/C17H25N/c1-9-14(7)16(11-15(8)12(3)4)17(13(5)6)18-10-2/h2,18H,3,8-9,11H2,1,4-7H3/b16-14+. The molecule has 0 saturated heterocycles. The first kappa shape index (κ1) is 16.3. The summed E-state index contributed by atoms with van der Waals surface area (Å²) in [7, 11) is 0. The fraction of sp³-hybridized carbons (Fsp3) is 0.412. The van der Waals surface area contributed by atoms with Crippen LogP contribution in [0.15, 0.2) is 46.7 Å². The number of rotatable bonds is 6. The van der Waals surface area contributed by atoms with Crippen molar-refractivity contribution >= 4 is 0 Å². The van der Waals surface area contributed by atoms with Gasteiger partial charge in [0.1, 0.15) is 0 Å². The SMILES string of the molecule is C#CNC(=C(C)C)/C(CC(=C)C(=C)C)=C(\C)CC. The molecule has 0 rings (SSSR count). The Labute approximate surface area is 112 Å². The van der Waals surface area contributed by atoms with E-state index in [4.69, 9.17) is 6.42 Å². The lowest BCUT2D eigenvalue weighted by Crippen LogP contribution is -2.12. The Bertz CT molecular complexity index is 435. The topological polar surface area (TPSA) is 12.0 Å². The van der Waals surface area contributed by atoms with Crippen LogP contribution < -0.4 is 5.32 Å². The van der Waals surface area contributed by atoms with Gasteiger partial charge in [-0.15, -0.1) is 0 Å². The molecule has 0 aromatic heterocycles. The van der Waals surface area contributed by atoms with E-state index < -0.39 is 0 Å². The fourth-order valence-corrected chi connectivity index (χ4v) is 1.60. The Morgan fingerprint density at radius 2 is 1.72 bits per heavy atom. The largest absolute Gasteiger partial charge is 0.315 e. The first-order chi connectivity index (χ1) is 8.34. The van der Waals surface area contributed by atoms with Crippen LogP contribution in [-0.4, -0.2) is 0 Å². The second-order valence-corrected chi connectivity index (χ2v) is 4.82. The van der Waals surface area contributed by atoms with Crippen molar-refractivity contribution in [1.82, 2.24) is 5.32 Å². The van der Waals surface area contributed by atoms with Gasteiger partial charge in [-0.05, 0) is 51.7 Å². The van der Waals surface area contributed by atoms with Gasteiger partial charge in [-0.3, -0.25) is 0 Å². The van der Waals surface area contributed by atoms with E-state index in [0.29, 0.717) is 0 Å². The third kappa shape index (κ3) is 4.67. The molecule has 98 valence electrons. The maximum absolute atomic E-state index is 5.38. The van der Waals surface area contributed by atoms with Crippen LogP contribution >= 0.6 is 0 Å².